The van der Waals surface area contributed by atoms with Crippen molar-refractivity contribution in [3.63, 3.8) is 0 Å². The van der Waals surface area contributed by atoms with E-state index < -0.39 is 25.7 Å². The monoisotopic (exact) mass is 269 g/mol. The quantitative estimate of drug-likeness (QED) is 0.133. The van der Waals surface area contributed by atoms with E-state index in [1.807, 2.05) is 0 Å². The highest BCUT2D eigenvalue weighted by Gasteiger charge is 2.46. The van der Waals surface area contributed by atoms with Crippen LogP contribution < -0.4 is 34.7 Å². The van der Waals surface area contributed by atoms with E-state index in [2.05, 4.69) is 0 Å². The Hall–Kier alpha value is -2.08. The fourth-order valence-electron chi connectivity index (χ4n) is 0.697. The maximum Gasteiger partial charge on any atom is 0.413 e. The topological polar surface area (TPSA) is 234 Å². The summed E-state index contributed by atoms with van der Waals surface area (Å²) in [7, 11) is -4.75. The Morgan fingerprint density at radius 3 is 1.00 bits per heavy atom. The van der Waals surface area contributed by atoms with Crippen molar-refractivity contribution in [3.05, 3.63) is 0 Å². The van der Waals surface area contributed by atoms with Gasteiger partial charge in [0, 0.05) is 0 Å². The highest BCUT2D eigenvalue weighted by Crippen LogP contribution is 2.50. The minimum Gasteiger partial charge on any atom is -0.350 e. The number of urea groups is 3. The summed E-state index contributed by atoms with van der Waals surface area (Å²) in [5, 5.41) is 0. The molecule has 0 aliphatic heterocycles. The molecular formula is C3H12N9O4P. The van der Waals surface area contributed by atoms with Crippen molar-refractivity contribution in [1.82, 2.24) is 14.3 Å². The first kappa shape index (κ1) is 14.9. The summed E-state index contributed by atoms with van der Waals surface area (Å²) < 4.78 is 11.5. The van der Waals surface area contributed by atoms with Crippen molar-refractivity contribution in [2.45, 2.75) is 0 Å². The molecule has 0 rings (SSSR count). The Balaban J connectivity index is 5.68. The highest BCUT2D eigenvalue weighted by molar-refractivity contribution is 7.58. The maximum atomic E-state index is 12.1. The molecule has 98 valence electrons. The first-order valence-electron chi connectivity index (χ1n) is 3.71. The number of carbonyl (C=O) groups is 3. The number of carbonyl (C=O) groups excluding carboxylic acids is 3. The summed E-state index contributed by atoms with van der Waals surface area (Å²) in [6.45, 7) is 0. The maximum absolute atomic E-state index is 12.1. The lowest BCUT2D eigenvalue weighted by Gasteiger charge is -2.35. The van der Waals surface area contributed by atoms with Crippen LogP contribution in [0.15, 0.2) is 0 Å². The summed E-state index contributed by atoms with van der Waals surface area (Å²) in [5.74, 6) is 15.0. The first-order chi connectivity index (χ1) is 7.56. The third-order valence-corrected chi connectivity index (χ3v) is 3.79. The molecule has 0 radical (unpaired) electrons. The molecule has 17 heavy (non-hydrogen) atoms. The van der Waals surface area contributed by atoms with E-state index in [1.54, 1.807) is 0 Å². The Morgan fingerprint density at radius 2 is 0.882 bits per heavy atom. The second-order valence-electron chi connectivity index (χ2n) is 2.56. The van der Waals surface area contributed by atoms with Crippen molar-refractivity contribution in [3.8, 4) is 0 Å². The largest absolute Gasteiger partial charge is 0.413 e. The summed E-state index contributed by atoms with van der Waals surface area (Å²) >= 11 is 0. The van der Waals surface area contributed by atoms with E-state index >= 15 is 0 Å². The molecule has 0 bridgehead atoms. The van der Waals surface area contributed by atoms with Gasteiger partial charge in [-0.05, 0) is 0 Å². The third-order valence-electron chi connectivity index (χ3n) is 1.52. The second kappa shape index (κ2) is 4.84. The molecule has 0 saturated heterocycles. The summed E-state index contributed by atoms with van der Waals surface area (Å²) in [5.41, 5.74) is 14.2. The molecular weight excluding hydrogens is 257 g/mol. The number of hydrogen-bond acceptors (Lipinski definition) is 7. The van der Waals surface area contributed by atoms with Crippen molar-refractivity contribution >= 4 is 25.7 Å². The van der Waals surface area contributed by atoms with Crippen LogP contribution in [0.4, 0.5) is 14.4 Å². The van der Waals surface area contributed by atoms with Gasteiger partial charge in [0.05, 0.1) is 0 Å². The lowest BCUT2D eigenvalue weighted by molar-refractivity contribution is 0.207. The zero-order valence-corrected chi connectivity index (χ0v) is 9.28. The zero-order valence-electron chi connectivity index (χ0n) is 8.39. The van der Waals surface area contributed by atoms with E-state index in [0.29, 0.717) is 0 Å². The van der Waals surface area contributed by atoms with E-state index in [1.165, 1.54) is 0 Å². The average Bonchev–Trinajstić information content (AvgIpc) is 2.24. The SMILES string of the molecule is NC(=O)N(N)P(=O)(N(N)C(N)=O)N(N)C(N)=O. The van der Waals surface area contributed by atoms with Gasteiger partial charge in [0.15, 0.2) is 0 Å². The number of hydrogen-bond donors (Lipinski definition) is 6. The standard InChI is InChI=1S/C3H12N9O4P/c4-1(13)10(7)17(16,11(8)2(5)14)12(9)3(6)15/h7-9H2,(H2,4,13)(H2,5,14)(H2,6,15). The Kier molecular flexibility index (Phi) is 4.24. The zero-order chi connectivity index (χ0) is 14.0. The predicted molar refractivity (Wildman–Crippen MR) is 54.4 cm³/mol. The van der Waals surface area contributed by atoms with Crippen molar-refractivity contribution in [2.24, 2.45) is 34.7 Å². The molecule has 0 saturated carbocycles. The van der Waals surface area contributed by atoms with Gasteiger partial charge in [-0.25, -0.2) is 36.5 Å². The molecule has 0 unspecified atom stereocenters. The fourth-order valence-corrected chi connectivity index (χ4v) is 2.09. The fraction of sp³-hybridized carbons (Fsp3) is 0. The van der Waals surface area contributed by atoms with Gasteiger partial charge in [-0.15, -0.1) is 0 Å². The number of rotatable bonds is 3. The van der Waals surface area contributed by atoms with E-state index in [-0.39, 0.29) is 14.3 Å². The van der Waals surface area contributed by atoms with Gasteiger partial charge in [-0.1, -0.05) is 0 Å². The smallest absolute Gasteiger partial charge is 0.350 e. The van der Waals surface area contributed by atoms with E-state index in [9.17, 15) is 18.9 Å². The number of nitrogens with zero attached hydrogens (tertiary/aromatic N) is 3. The molecule has 12 N–H and O–H groups in total. The molecule has 14 heteroatoms. The van der Waals surface area contributed by atoms with Crippen LogP contribution in [0.25, 0.3) is 0 Å². The van der Waals surface area contributed by atoms with E-state index in [0.717, 1.165) is 0 Å². The molecule has 6 amide bonds. The van der Waals surface area contributed by atoms with Crippen molar-refractivity contribution in [2.75, 3.05) is 0 Å². The number of nitrogens with two attached hydrogens (primary N) is 6. The van der Waals surface area contributed by atoms with Gasteiger partial charge in [0.2, 0.25) is 0 Å². The summed E-state index contributed by atoms with van der Waals surface area (Å²) in [4.78, 5) is 32.3. The molecule has 0 aromatic rings. The second-order valence-corrected chi connectivity index (χ2v) is 4.88. The molecule has 0 aliphatic rings. The average molecular weight is 269 g/mol. The van der Waals surface area contributed by atoms with Crippen molar-refractivity contribution < 1.29 is 18.9 Å². The molecule has 13 nitrogen and oxygen atoms in total. The molecule has 0 aromatic heterocycles. The molecule has 0 heterocycles. The van der Waals surface area contributed by atoms with Gasteiger partial charge >= 0.3 is 25.7 Å². The predicted octanol–water partition coefficient (Wildman–Crippen LogP) is -3.14. The number of primary amides is 3. The lowest BCUT2D eigenvalue weighted by Crippen LogP contribution is -2.57. The number of amides is 6. The highest BCUT2D eigenvalue weighted by atomic mass is 31.2. The number of hydrazine groups is 3. The minimum absolute atomic E-state index is 0.220. The van der Waals surface area contributed by atoms with Gasteiger partial charge in [0.1, 0.15) is 0 Å². The van der Waals surface area contributed by atoms with Gasteiger partial charge < -0.3 is 17.2 Å². The van der Waals surface area contributed by atoms with E-state index in [4.69, 9.17) is 34.7 Å². The molecule has 0 aliphatic carbocycles. The van der Waals surface area contributed by atoms with Crippen LogP contribution in [-0.2, 0) is 4.57 Å². The third kappa shape index (κ3) is 2.54. The summed E-state index contributed by atoms with van der Waals surface area (Å²) in [6, 6.07) is -4.45. The Labute approximate surface area is 94.6 Å². The van der Waals surface area contributed by atoms with Crippen LogP contribution in [0, 0.1) is 0 Å². The minimum atomic E-state index is -4.75. The Bertz CT molecular complexity index is 339. The first-order valence-corrected chi connectivity index (χ1v) is 5.27. The molecule has 0 spiro atoms. The van der Waals surface area contributed by atoms with Crippen LogP contribution in [0.2, 0.25) is 0 Å². The van der Waals surface area contributed by atoms with Crippen LogP contribution in [0.1, 0.15) is 0 Å². The normalized spacial score (nSPS) is 10.5. The Morgan fingerprint density at radius 1 is 0.706 bits per heavy atom. The van der Waals surface area contributed by atoms with Gasteiger partial charge in [-0.3, -0.25) is 0 Å². The van der Waals surface area contributed by atoms with Crippen LogP contribution in [0.5, 0.6) is 0 Å². The lowest BCUT2D eigenvalue weighted by atomic mass is 11.1. The molecule has 0 atom stereocenters. The van der Waals surface area contributed by atoms with Gasteiger partial charge in [-0.2, -0.15) is 14.3 Å². The van der Waals surface area contributed by atoms with Gasteiger partial charge in [0.25, 0.3) is 0 Å². The molecule has 0 fully saturated rings. The summed E-state index contributed by atoms with van der Waals surface area (Å²) in [6.07, 6.45) is 0. The molecule has 0 aromatic carbocycles. The van der Waals surface area contributed by atoms with Crippen LogP contribution in [-0.4, -0.2) is 32.4 Å². The van der Waals surface area contributed by atoms with Crippen LogP contribution >= 0.6 is 7.59 Å². The van der Waals surface area contributed by atoms with Crippen LogP contribution in [0.3, 0.4) is 0 Å². The van der Waals surface area contributed by atoms with Crippen molar-refractivity contribution in [1.29, 1.82) is 0 Å².